The topological polar surface area (TPSA) is 67.4 Å². The fraction of sp³-hybridized carbons (Fsp3) is 0.231. The third-order valence-electron chi connectivity index (χ3n) is 5.80. The molecule has 8 heteroatoms. The van der Waals surface area contributed by atoms with Crippen LogP contribution in [0.4, 0.5) is 18.9 Å². The number of alkyl halides is 3. The minimum absolute atomic E-state index is 0.0307. The summed E-state index contributed by atoms with van der Waals surface area (Å²) in [5.41, 5.74) is 3.09. The van der Waals surface area contributed by atoms with Gasteiger partial charge in [-0.2, -0.15) is 13.2 Å². The molecule has 1 aliphatic rings. The highest BCUT2D eigenvalue weighted by atomic mass is 19.4. The van der Waals surface area contributed by atoms with Crippen LogP contribution in [-0.2, 0) is 23.8 Å². The van der Waals surface area contributed by atoms with Crippen molar-refractivity contribution < 1.29 is 27.5 Å². The molecule has 0 aromatic heterocycles. The summed E-state index contributed by atoms with van der Waals surface area (Å²) in [7, 11) is 1.44. The van der Waals surface area contributed by atoms with E-state index in [0.29, 0.717) is 29.0 Å². The fourth-order valence-electron chi connectivity index (χ4n) is 4.30. The fourth-order valence-corrected chi connectivity index (χ4v) is 4.30. The first-order valence-corrected chi connectivity index (χ1v) is 10.7. The van der Waals surface area contributed by atoms with Crippen LogP contribution in [-0.4, -0.2) is 25.0 Å². The average Bonchev–Trinajstić information content (AvgIpc) is 3.18. The van der Waals surface area contributed by atoms with Crippen LogP contribution in [0, 0.1) is 0 Å². The lowest BCUT2D eigenvalue weighted by Gasteiger charge is -2.15. The molecule has 176 valence electrons. The van der Waals surface area contributed by atoms with E-state index in [1.54, 1.807) is 24.3 Å². The maximum atomic E-state index is 13.2. The number of fused-ring (bicyclic) bond motifs is 1. The van der Waals surface area contributed by atoms with Gasteiger partial charge in [0.15, 0.2) is 0 Å². The number of carbonyl (C=O) groups excluding carboxylic acids is 2. The third kappa shape index (κ3) is 4.90. The minimum atomic E-state index is -4.45. The lowest BCUT2D eigenvalue weighted by atomic mass is 9.96. The molecule has 1 atom stereocenters. The van der Waals surface area contributed by atoms with Crippen LogP contribution in [0.1, 0.15) is 34.0 Å². The van der Waals surface area contributed by atoms with E-state index in [9.17, 15) is 22.8 Å². The van der Waals surface area contributed by atoms with Crippen molar-refractivity contribution in [1.29, 1.82) is 0 Å². The summed E-state index contributed by atoms with van der Waals surface area (Å²) in [4.78, 5) is 24.6. The lowest BCUT2D eigenvalue weighted by molar-refractivity contribution is -0.137. The van der Waals surface area contributed by atoms with Gasteiger partial charge in [-0.05, 0) is 65.9 Å². The smallest absolute Gasteiger partial charge is 0.416 e. The average molecular weight is 468 g/mol. The summed E-state index contributed by atoms with van der Waals surface area (Å²) in [5, 5.41) is 5.79. The van der Waals surface area contributed by atoms with Crippen LogP contribution < -0.4 is 15.4 Å². The second-order valence-corrected chi connectivity index (χ2v) is 8.20. The molecule has 1 unspecified atom stereocenters. The Morgan fingerprint density at radius 2 is 1.68 bits per heavy atom. The molecule has 3 aromatic rings. The number of methoxy groups -OCH3 is 1. The summed E-state index contributed by atoms with van der Waals surface area (Å²) in [6.07, 6.45) is -3.04. The van der Waals surface area contributed by atoms with E-state index in [-0.39, 0.29) is 17.5 Å². The SMILES string of the molecule is COc1cccc(C(=O)Nc2ccc3c(c2)CC(NC(C)=O)C3)c1-c1ccc(C(F)(F)F)cc1. The molecule has 34 heavy (non-hydrogen) atoms. The number of ether oxygens (including phenoxy) is 1. The van der Waals surface area contributed by atoms with Crippen molar-refractivity contribution in [3.05, 3.63) is 82.9 Å². The molecule has 0 aliphatic heterocycles. The molecule has 2 amide bonds. The quantitative estimate of drug-likeness (QED) is 0.539. The molecule has 1 aliphatic carbocycles. The normalized spacial score (nSPS) is 14.9. The Kier molecular flexibility index (Phi) is 6.32. The first kappa shape index (κ1) is 23.4. The van der Waals surface area contributed by atoms with Crippen LogP contribution in [0.2, 0.25) is 0 Å². The van der Waals surface area contributed by atoms with Crippen molar-refractivity contribution >= 4 is 17.5 Å². The van der Waals surface area contributed by atoms with Crippen molar-refractivity contribution in [1.82, 2.24) is 5.32 Å². The molecule has 4 rings (SSSR count). The third-order valence-corrected chi connectivity index (χ3v) is 5.80. The Balaban J connectivity index is 1.61. The largest absolute Gasteiger partial charge is 0.496 e. The van der Waals surface area contributed by atoms with Gasteiger partial charge in [-0.15, -0.1) is 0 Å². The van der Waals surface area contributed by atoms with Gasteiger partial charge in [0.05, 0.1) is 18.2 Å². The zero-order chi connectivity index (χ0) is 24.5. The van der Waals surface area contributed by atoms with Crippen molar-refractivity contribution in [2.24, 2.45) is 0 Å². The van der Waals surface area contributed by atoms with Gasteiger partial charge in [0, 0.05) is 24.2 Å². The highest BCUT2D eigenvalue weighted by Gasteiger charge is 2.30. The second kappa shape index (κ2) is 9.21. The van der Waals surface area contributed by atoms with Crippen molar-refractivity contribution in [2.45, 2.75) is 32.0 Å². The van der Waals surface area contributed by atoms with E-state index < -0.39 is 17.6 Å². The summed E-state index contributed by atoms with van der Waals surface area (Å²) in [6.45, 7) is 1.48. The van der Waals surface area contributed by atoms with E-state index in [1.165, 1.54) is 26.2 Å². The Bertz CT molecular complexity index is 1240. The first-order chi connectivity index (χ1) is 16.2. The summed E-state index contributed by atoms with van der Waals surface area (Å²) in [5.74, 6) is -0.121. The van der Waals surface area contributed by atoms with Gasteiger partial charge >= 0.3 is 6.18 Å². The standard InChI is InChI=1S/C26H23F3N2O3/c1-15(32)30-21-12-17-8-11-20(13-18(17)14-21)31-25(33)22-4-3-5-23(34-2)24(22)16-6-9-19(10-7-16)26(27,28)29/h3-11,13,21H,12,14H2,1-2H3,(H,30,32)(H,31,33). The summed E-state index contributed by atoms with van der Waals surface area (Å²) >= 11 is 0. The van der Waals surface area contributed by atoms with Crippen molar-refractivity contribution in [2.75, 3.05) is 12.4 Å². The van der Waals surface area contributed by atoms with Crippen LogP contribution in [0.25, 0.3) is 11.1 Å². The highest BCUT2D eigenvalue weighted by Crippen LogP contribution is 2.36. The molecule has 3 aromatic carbocycles. The molecule has 0 heterocycles. The number of nitrogens with one attached hydrogen (secondary N) is 2. The van der Waals surface area contributed by atoms with Gasteiger partial charge in [0.1, 0.15) is 5.75 Å². The van der Waals surface area contributed by atoms with E-state index in [2.05, 4.69) is 10.6 Å². The number of benzene rings is 3. The van der Waals surface area contributed by atoms with Gasteiger partial charge in [-0.1, -0.05) is 24.3 Å². The Hall–Kier alpha value is -3.81. The summed E-state index contributed by atoms with van der Waals surface area (Å²) < 4.78 is 44.4. The van der Waals surface area contributed by atoms with E-state index >= 15 is 0 Å². The Labute approximate surface area is 194 Å². The minimum Gasteiger partial charge on any atom is -0.496 e. The Morgan fingerprint density at radius 3 is 2.32 bits per heavy atom. The molecule has 0 bridgehead atoms. The monoisotopic (exact) mass is 468 g/mol. The molecule has 0 spiro atoms. The van der Waals surface area contributed by atoms with Gasteiger partial charge < -0.3 is 15.4 Å². The zero-order valence-electron chi connectivity index (χ0n) is 18.6. The number of rotatable bonds is 5. The number of hydrogen-bond donors (Lipinski definition) is 2. The number of hydrogen-bond acceptors (Lipinski definition) is 3. The van der Waals surface area contributed by atoms with Crippen molar-refractivity contribution in [3.8, 4) is 16.9 Å². The van der Waals surface area contributed by atoms with Crippen LogP contribution in [0.15, 0.2) is 60.7 Å². The van der Waals surface area contributed by atoms with E-state index in [0.717, 1.165) is 29.7 Å². The van der Waals surface area contributed by atoms with Crippen LogP contribution >= 0.6 is 0 Å². The molecular formula is C26H23F3N2O3. The molecule has 5 nitrogen and oxygen atoms in total. The lowest BCUT2D eigenvalue weighted by Crippen LogP contribution is -2.33. The van der Waals surface area contributed by atoms with Gasteiger partial charge in [-0.3, -0.25) is 9.59 Å². The maximum absolute atomic E-state index is 13.2. The van der Waals surface area contributed by atoms with Crippen molar-refractivity contribution in [3.63, 3.8) is 0 Å². The van der Waals surface area contributed by atoms with E-state index in [1.807, 2.05) is 12.1 Å². The molecule has 0 saturated carbocycles. The Morgan fingerprint density at radius 1 is 0.971 bits per heavy atom. The first-order valence-electron chi connectivity index (χ1n) is 10.7. The molecule has 2 N–H and O–H groups in total. The number of anilines is 1. The van der Waals surface area contributed by atoms with Gasteiger partial charge in [-0.25, -0.2) is 0 Å². The molecule has 0 fully saturated rings. The molecule has 0 radical (unpaired) electrons. The second-order valence-electron chi connectivity index (χ2n) is 8.20. The number of carbonyl (C=O) groups is 2. The molecular weight excluding hydrogens is 445 g/mol. The number of halogens is 3. The predicted molar refractivity (Wildman–Crippen MR) is 123 cm³/mol. The zero-order valence-corrected chi connectivity index (χ0v) is 18.6. The summed E-state index contributed by atoms with van der Waals surface area (Å²) in [6, 6.07) is 15.2. The highest BCUT2D eigenvalue weighted by molar-refractivity contribution is 6.09. The predicted octanol–water partition coefficient (Wildman–Crippen LogP) is 5.24. The van der Waals surface area contributed by atoms with Gasteiger partial charge in [0.25, 0.3) is 5.91 Å². The number of amides is 2. The maximum Gasteiger partial charge on any atom is 0.416 e. The van der Waals surface area contributed by atoms with Crippen LogP contribution in [0.5, 0.6) is 5.75 Å². The van der Waals surface area contributed by atoms with Gasteiger partial charge in [0.2, 0.25) is 5.91 Å². The van der Waals surface area contributed by atoms with E-state index in [4.69, 9.17) is 4.74 Å². The molecule has 0 saturated heterocycles. The van der Waals surface area contributed by atoms with Crippen LogP contribution in [0.3, 0.4) is 0 Å².